The van der Waals surface area contributed by atoms with Crippen molar-refractivity contribution in [1.29, 1.82) is 0 Å². The first-order valence-electron chi connectivity index (χ1n) is 13.7. The number of hydrogen-bond donors (Lipinski definition) is 6. The highest BCUT2D eigenvalue weighted by atomic mass is 32.2. The molecule has 0 aliphatic rings. The van der Waals surface area contributed by atoms with Gasteiger partial charge >= 0.3 is 0 Å². The molecule has 2 aromatic carbocycles. The molecule has 1 aromatic heterocycles. The summed E-state index contributed by atoms with van der Waals surface area (Å²) >= 11 is 1.26. The van der Waals surface area contributed by atoms with Gasteiger partial charge in [-0.2, -0.15) is 0 Å². The van der Waals surface area contributed by atoms with Gasteiger partial charge in [-0.3, -0.25) is 24.0 Å². The second-order valence-corrected chi connectivity index (χ2v) is 12.1. The van der Waals surface area contributed by atoms with Gasteiger partial charge in [0, 0.05) is 22.4 Å². The smallest absolute Gasteiger partial charge is 0.260 e. The monoisotopic (exact) mass is 607 g/mol. The highest BCUT2D eigenvalue weighted by Gasteiger charge is 2.29. The van der Waals surface area contributed by atoms with Crippen LogP contribution in [0.25, 0.3) is 0 Å². The minimum absolute atomic E-state index is 0.115. The maximum Gasteiger partial charge on any atom is 0.260 e. The molecule has 0 saturated heterocycles. The number of aromatic amines is 1. The molecule has 0 bridgehead atoms. The van der Waals surface area contributed by atoms with E-state index in [1.54, 1.807) is 24.3 Å². The predicted octanol–water partition coefficient (Wildman–Crippen LogP) is 1.76. The first kappa shape index (κ1) is 33.1. The molecule has 3 atom stereocenters. The molecule has 11 nitrogen and oxygen atoms in total. The average Bonchev–Trinajstić information content (AvgIpc) is 2.95. The fraction of sp³-hybridized carbons (Fsp3) is 0.323. The van der Waals surface area contributed by atoms with Gasteiger partial charge in [0.1, 0.15) is 11.6 Å². The van der Waals surface area contributed by atoms with Gasteiger partial charge in [0.05, 0.1) is 24.1 Å². The maximum absolute atomic E-state index is 13.4. The van der Waals surface area contributed by atoms with Crippen molar-refractivity contribution in [3.05, 3.63) is 100.0 Å². The molecule has 3 aromatic rings. The van der Waals surface area contributed by atoms with Crippen molar-refractivity contribution < 1.29 is 24.3 Å². The fourth-order valence-corrected chi connectivity index (χ4v) is 5.23. The minimum Gasteiger partial charge on any atom is -0.390 e. The Kier molecular flexibility index (Phi) is 11.7. The Labute approximate surface area is 254 Å². The molecule has 0 aliphatic heterocycles. The largest absolute Gasteiger partial charge is 0.390 e. The minimum atomic E-state index is -1.40. The molecular formula is C31H37N5O6S. The van der Waals surface area contributed by atoms with Crippen molar-refractivity contribution in [2.75, 3.05) is 5.75 Å². The van der Waals surface area contributed by atoms with E-state index in [1.165, 1.54) is 30.1 Å². The van der Waals surface area contributed by atoms with E-state index in [0.29, 0.717) is 10.5 Å². The molecule has 0 fully saturated rings. The summed E-state index contributed by atoms with van der Waals surface area (Å²) < 4.78 is 0. The standard InChI is InChI=1S/C31H37N5O6S/c1-31(2,3)36-29(41)20-12-7-8-14-25(20)43-18-24(37)22(16-19-10-5-4-6-11-19)34-30(42)23(17-26(32)38)35-28(40)21-13-9-15-33-27(21)39/h4-15,22-24,37H,16-18H2,1-3H3,(H2,32,38)(H,33,39)(H,34,42)(H,35,40)(H,36,41)/t22-,23-,24-/m0/s1. The molecule has 0 aliphatic carbocycles. The Hall–Kier alpha value is -4.42. The molecule has 1 heterocycles. The van der Waals surface area contributed by atoms with Crippen LogP contribution in [0, 0.1) is 0 Å². The van der Waals surface area contributed by atoms with E-state index in [9.17, 15) is 29.1 Å². The van der Waals surface area contributed by atoms with Gasteiger partial charge in [0.25, 0.3) is 17.4 Å². The second-order valence-electron chi connectivity index (χ2n) is 11.0. The number of H-pyrrole nitrogens is 1. The summed E-state index contributed by atoms with van der Waals surface area (Å²) in [4.78, 5) is 65.9. The number of amides is 4. The van der Waals surface area contributed by atoms with Crippen molar-refractivity contribution in [3.8, 4) is 0 Å². The maximum atomic E-state index is 13.4. The number of benzene rings is 2. The molecule has 7 N–H and O–H groups in total. The number of thioether (sulfide) groups is 1. The zero-order chi connectivity index (χ0) is 31.6. The number of rotatable bonds is 13. The number of carbonyl (C=O) groups is 4. The van der Waals surface area contributed by atoms with Gasteiger partial charge < -0.3 is 31.8 Å². The van der Waals surface area contributed by atoms with Crippen molar-refractivity contribution >= 4 is 35.4 Å². The van der Waals surface area contributed by atoms with E-state index in [1.807, 2.05) is 51.1 Å². The highest BCUT2D eigenvalue weighted by molar-refractivity contribution is 7.99. The van der Waals surface area contributed by atoms with E-state index in [2.05, 4.69) is 20.9 Å². The van der Waals surface area contributed by atoms with Crippen LogP contribution in [0.5, 0.6) is 0 Å². The van der Waals surface area contributed by atoms with Crippen LogP contribution >= 0.6 is 11.8 Å². The van der Waals surface area contributed by atoms with Gasteiger partial charge in [-0.15, -0.1) is 11.8 Å². The summed E-state index contributed by atoms with van der Waals surface area (Å²) in [5.41, 5.74) is 5.30. The Morgan fingerprint density at radius 3 is 2.21 bits per heavy atom. The number of carbonyl (C=O) groups excluding carboxylic acids is 4. The lowest BCUT2D eigenvalue weighted by Gasteiger charge is -2.27. The number of nitrogens with one attached hydrogen (secondary N) is 4. The summed E-state index contributed by atoms with van der Waals surface area (Å²) in [6.45, 7) is 5.65. The molecule has 0 radical (unpaired) electrons. The number of nitrogens with two attached hydrogens (primary N) is 1. The van der Waals surface area contributed by atoms with Gasteiger partial charge in [-0.25, -0.2) is 0 Å². The lowest BCUT2D eigenvalue weighted by Crippen LogP contribution is -2.55. The zero-order valence-electron chi connectivity index (χ0n) is 24.3. The van der Waals surface area contributed by atoms with Gasteiger partial charge in [-0.05, 0) is 57.0 Å². The van der Waals surface area contributed by atoms with Gasteiger partial charge in [-0.1, -0.05) is 42.5 Å². The van der Waals surface area contributed by atoms with E-state index in [4.69, 9.17) is 5.73 Å². The topological polar surface area (TPSA) is 183 Å². The third kappa shape index (κ3) is 10.4. The number of hydrogen-bond acceptors (Lipinski definition) is 7. The summed E-state index contributed by atoms with van der Waals surface area (Å²) in [7, 11) is 0. The van der Waals surface area contributed by atoms with Crippen molar-refractivity contribution in [3.63, 3.8) is 0 Å². The van der Waals surface area contributed by atoms with Crippen LogP contribution in [0.4, 0.5) is 0 Å². The average molecular weight is 608 g/mol. The SMILES string of the molecule is CC(C)(C)NC(=O)c1ccccc1SC[C@H](O)[C@H](Cc1ccccc1)NC(=O)[C@H](CC(N)=O)NC(=O)c1ccc[nH]c1=O. The normalized spacial score (nSPS) is 13.3. The van der Waals surface area contributed by atoms with E-state index < -0.39 is 53.4 Å². The lowest BCUT2D eigenvalue weighted by atomic mass is 10.0. The lowest BCUT2D eigenvalue weighted by molar-refractivity contribution is -0.128. The Balaban J connectivity index is 1.80. The fourth-order valence-electron chi connectivity index (χ4n) is 4.16. The molecular weight excluding hydrogens is 570 g/mol. The number of aliphatic hydroxyl groups is 1. The van der Waals surface area contributed by atoms with Crippen molar-refractivity contribution in [2.45, 2.75) is 62.2 Å². The first-order chi connectivity index (χ1) is 20.3. The van der Waals surface area contributed by atoms with Crippen LogP contribution in [0.3, 0.4) is 0 Å². The molecule has 0 spiro atoms. The van der Waals surface area contributed by atoms with E-state index in [-0.39, 0.29) is 23.6 Å². The quantitative estimate of drug-likeness (QED) is 0.160. The molecule has 3 rings (SSSR count). The third-order valence-electron chi connectivity index (χ3n) is 6.21. The van der Waals surface area contributed by atoms with Crippen LogP contribution in [0.1, 0.15) is 53.5 Å². The van der Waals surface area contributed by atoms with Crippen LogP contribution < -0.4 is 27.2 Å². The Bertz CT molecular complexity index is 1490. The van der Waals surface area contributed by atoms with Gasteiger partial charge in [0.15, 0.2) is 0 Å². The summed E-state index contributed by atoms with van der Waals surface area (Å²) in [5, 5.41) is 19.4. The second kappa shape index (κ2) is 15.2. The molecule has 0 unspecified atom stereocenters. The highest BCUT2D eigenvalue weighted by Crippen LogP contribution is 2.25. The van der Waals surface area contributed by atoms with E-state index in [0.717, 1.165) is 5.56 Å². The van der Waals surface area contributed by atoms with Crippen molar-refractivity contribution in [2.24, 2.45) is 5.73 Å². The molecule has 12 heteroatoms. The number of aliphatic hydroxyl groups excluding tert-OH is 1. The number of pyridine rings is 1. The molecule has 43 heavy (non-hydrogen) atoms. The van der Waals surface area contributed by atoms with Crippen molar-refractivity contribution in [1.82, 2.24) is 20.9 Å². The zero-order valence-corrected chi connectivity index (χ0v) is 25.1. The molecule has 4 amide bonds. The number of primary amides is 1. The van der Waals surface area contributed by atoms with Crippen LogP contribution in [-0.2, 0) is 16.0 Å². The Morgan fingerprint density at radius 1 is 0.907 bits per heavy atom. The number of aromatic nitrogens is 1. The third-order valence-corrected chi connectivity index (χ3v) is 7.39. The van der Waals surface area contributed by atoms with Crippen LogP contribution in [0.15, 0.2) is 82.6 Å². The summed E-state index contributed by atoms with van der Waals surface area (Å²) in [5.74, 6) is -2.59. The van der Waals surface area contributed by atoms with Crippen LogP contribution in [0.2, 0.25) is 0 Å². The van der Waals surface area contributed by atoms with Crippen LogP contribution in [-0.4, -0.2) is 63.2 Å². The summed E-state index contributed by atoms with van der Waals surface area (Å²) in [6, 6.07) is 16.7. The predicted molar refractivity (Wildman–Crippen MR) is 165 cm³/mol. The molecule has 0 saturated carbocycles. The van der Waals surface area contributed by atoms with E-state index >= 15 is 0 Å². The Morgan fingerprint density at radius 2 is 1.56 bits per heavy atom. The first-order valence-corrected chi connectivity index (χ1v) is 14.7. The van der Waals surface area contributed by atoms with Gasteiger partial charge in [0.2, 0.25) is 11.8 Å². The summed E-state index contributed by atoms with van der Waals surface area (Å²) in [6.07, 6.45) is -0.0393. The molecule has 228 valence electrons.